The number of carbonyl (C=O) groups is 3. The van der Waals surface area contributed by atoms with Gasteiger partial charge in [-0.05, 0) is 61.0 Å². The lowest BCUT2D eigenvalue weighted by Gasteiger charge is -2.09. The Balaban J connectivity index is 1.43. The van der Waals surface area contributed by atoms with Crippen molar-refractivity contribution in [3.05, 3.63) is 95.6 Å². The molecule has 7 nitrogen and oxygen atoms in total. The first kappa shape index (κ1) is 23.5. The summed E-state index contributed by atoms with van der Waals surface area (Å²) >= 11 is 0. The molecule has 3 rings (SSSR count). The van der Waals surface area contributed by atoms with E-state index in [1.54, 1.807) is 55.5 Å². The molecule has 0 aliphatic heterocycles. The van der Waals surface area contributed by atoms with Crippen molar-refractivity contribution < 1.29 is 23.9 Å². The highest BCUT2D eigenvalue weighted by molar-refractivity contribution is 6.04. The number of nitrogens with one attached hydrogen (secondary N) is 2. The zero-order chi connectivity index (χ0) is 23.5. The summed E-state index contributed by atoms with van der Waals surface area (Å²) in [5.41, 5.74) is 2.36. The zero-order valence-corrected chi connectivity index (χ0v) is 18.4. The van der Waals surface area contributed by atoms with Crippen LogP contribution in [0.2, 0.25) is 0 Å². The van der Waals surface area contributed by atoms with Crippen molar-refractivity contribution in [3.63, 3.8) is 0 Å². The molecule has 170 valence electrons. The van der Waals surface area contributed by atoms with Gasteiger partial charge in [0, 0.05) is 17.8 Å². The summed E-state index contributed by atoms with van der Waals surface area (Å²) in [6, 6.07) is 22.8. The molecule has 0 aliphatic rings. The molecule has 3 aromatic carbocycles. The lowest BCUT2D eigenvalue weighted by molar-refractivity contribution is -0.121. The SMILES string of the molecule is CCOC(=O)c1ccc(NC(=O)c2ccc(CNC(=O)CCOc3ccccc3)cc2)cc1. The standard InChI is InChI=1S/C26H26N2O5/c1-2-32-26(31)21-12-14-22(15-13-21)28-25(30)20-10-8-19(9-11-20)18-27-24(29)16-17-33-23-6-4-3-5-7-23/h3-15H,2,16-18H2,1H3,(H,27,29)(H,28,30). The normalized spacial score (nSPS) is 10.2. The molecular formula is C26H26N2O5. The van der Waals surface area contributed by atoms with Crippen LogP contribution in [-0.2, 0) is 16.1 Å². The summed E-state index contributed by atoms with van der Waals surface area (Å²) in [5.74, 6) is -0.0533. The fourth-order valence-corrected chi connectivity index (χ4v) is 2.95. The maximum absolute atomic E-state index is 12.5. The van der Waals surface area contributed by atoms with Crippen LogP contribution in [0.4, 0.5) is 5.69 Å². The Hall–Kier alpha value is -4.13. The number of esters is 1. The Morgan fingerprint density at radius 1 is 0.818 bits per heavy atom. The maximum atomic E-state index is 12.5. The number of rotatable bonds is 10. The topological polar surface area (TPSA) is 93.7 Å². The number of para-hydroxylation sites is 1. The molecule has 0 saturated heterocycles. The van der Waals surface area contributed by atoms with Crippen LogP contribution >= 0.6 is 0 Å². The number of benzene rings is 3. The van der Waals surface area contributed by atoms with E-state index in [0.29, 0.717) is 36.6 Å². The molecule has 3 aromatic rings. The molecule has 0 radical (unpaired) electrons. The third kappa shape index (κ3) is 7.50. The minimum atomic E-state index is -0.401. The van der Waals surface area contributed by atoms with Crippen LogP contribution in [0.3, 0.4) is 0 Å². The first-order chi connectivity index (χ1) is 16.0. The highest BCUT2D eigenvalue weighted by atomic mass is 16.5. The van der Waals surface area contributed by atoms with Crippen molar-refractivity contribution >= 4 is 23.5 Å². The number of ether oxygens (including phenoxy) is 2. The monoisotopic (exact) mass is 446 g/mol. The van der Waals surface area contributed by atoms with E-state index < -0.39 is 5.97 Å². The van der Waals surface area contributed by atoms with E-state index in [1.165, 1.54) is 0 Å². The average Bonchev–Trinajstić information content (AvgIpc) is 2.84. The Bertz CT molecular complexity index is 1060. The van der Waals surface area contributed by atoms with Gasteiger partial charge in [0.15, 0.2) is 0 Å². The minimum Gasteiger partial charge on any atom is -0.493 e. The lowest BCUT2D eigenvalue weighted by atomic mass is 10.1. The molecule has 2 N–H and O–H groups in total. The fourth-order valence-electron chi connectivity index (χ4n) is 2.95. The zero-order valence-electron chi connectivity index (χ0n) is 18.4. The van der Waals surface area contributed by atoms with Gasteiger partial charge in [0.25, 0.3) is 5.91 Å². The predicted molar refractivity (Wildman–Crippen MR) is 125 cm³/mol. The summed E-state index contributed by atoms with van der Waals surface area (Å²) in [6.07, 6.45) is 0.254. The largest absolute Gasteiger partial charge is 0.493 e. The van der Waals surface area contributed by atoms with Crippen LogP contribution in [0.5, 0.6) is 5.75 Å². The van der Waals surface area contributed by atoms with E-state index in [9.17, 15) is 14.4 Å². The van der Waals surface area contributed by atoms with Gasteiger partial charge >= 0.3 is 5.97 Å². The lowest BCUT2D eigenvalue weighted by Crippen LogP contribution is -2.24. The first-order valence-corrected chi connectivity index (χ1v) is 10.7. The number of carbonyl (C=O) groups excluding carboxylic acids is 3. The van der Waals surface area contributed by atoms with E-state index in [0.717, 1.165) is 11.3 Å². The van der Waals surface area contributed by atoms with Gasteiger partial charge in [-0.1, -0.05) is 30.3 Å². The molecule has 0 bridgehead atoms. The van der Waals surface area contributed by atoms with Crippen molar-refractivity contribution in [2.45, 2.75) is 19.9 Å². The third-order valence-corrected chi connectivity index (χ3v) is 4.70. The van der Waals surface area contributed by atoms with Gasteiger partial charge in [0.2, 0.25) is 5.91 Å². The van der Waals surface area contributed by atoms with Crippen molar-refractivity contribution in [3.8, 4) is 5.75 Å². The predicted octanol–water partition coefficient (Wildman–Crippen LogP) is 4.20. The van der Waals surface area contributed by atoms with Crippen molar-refractivity contribution in [1.29, 1.82) is 0 Å². The van der Waals surface area contributed by atoms with Crippen LogP contribution in [0.15, 0.2) is 78.9 Å². The van der Waals surface area contributed by atoms with Crippen LogP contribution in [0.1, 0.15) is 39.6 Å². The van der Waals surface area contributed by atoms with E-state index in [-0.39, 0.29) is 18.2 Å². The molecule has 0 atom stereocenters. The molecule has 0 unspecified atom stereocenters. The smallest absolute Gasteiger partial charge is 0.338 e. The minimum absolute atomic E-state index is 0.112. The highest BCUT2D eigenvalue weighted by Crippen LogP contribution is 2.13. The molecule has 0 fully saturated rings. The molecule has 2 amide bonds. The number of hydrogen-bond acceptors (Lipinski definition) is 5. The Morgan fingerprint density at radius 2 is 1.48 bits per heavy atom. The number of hydrogen-bond donors (Lipinski definition) is 2. The summed E-state index contributed by atoms with van der Waals surface area (Å²) in [6.45, 7) is 2.71. The highest BCUT2D eigenvalue weighted by Gasteiger charge is 2.09. The van der Waals surface area contributed by atoms with Gasteiger partial charge in [-0.3, -0.25) is 9.59 Å². The first-order valence-electron chi connectivity index (χ1n) is 10.7. The molecule has 33 heavy (non-hydrogen) atoms. The Kier molecular flexibility index (Phi) is 8.59. The number of anilines is 1. The van der Waals surface area contributed by atoms with Crippen LogP contribution in [0.25, 0.3) is 0 Å². The molecule has 7 heteroatoms. The van der Waals surface area contributed by atoms with E-state index in [1.807, 2.05) is 30.3 Å². The van der Waals surface area contributed by atoms with Crippen molar-refractivity contribution in [2.75, 3.05) is 18.5 Å². The Morgan fingerprint density at radius 3 is 2.15 bits per heavy atom. The third-order valence-electron chi connectivity index (χ3n) is 4.70. The van der Waals surface area contributed by atoms with E-state index in [2.05, 4.69) is 10.6 Å². The summed E-state index contributed by atoms with van der Waals surface area (Å²) in [5, 5.41) is 5.63. The van der Waals surface area contributed by atoms with Crippen molar-refractivity contribution in [2.24, 2.45) is 0 Å². The molecule has 0 aliphatic carbocycles. The van der Waals surface area contributed by atoms with Crippen molar-refractivity contribution in [1.82, 2.24) is 5.32 Å². The van der Waals surface area contributed by atoms with E-state index in [4.69, 9.17) is 9.47 Å². The second-order valence-corrected chi connectivity index (χ2v) is 7.14. The summed E-state index contributed by atoms with van der Waals surface area (Å²) in [4.78, 5) is 36.2. The Labute approximate surface area is 192 Å². The number of amides is 2. The molecular weight excluding hydrogens is 420 g/mol. The van der Waals surface area contributed by atoms with Gasteiger partial charge in [-0.25, -0.2) is 4.79 Å². The maximum Gasteiger partial charge on any atom is 0.338 e. The van der Waals surface area contributed by atoms with Gasteiger partial charge < -0.3 is 20.1 Å². The van der Waals surface area contributed by atoms with Gasteiger partial charge in [-0.15, -0.1) is 0 Å². The van der Waals surface area contributed by atoms with Crippen LogP contribution in [0, 0.1) is 0 Å². The van der Waals surface area contributed by atoms with Crippen LogP contribution in [-0.4, -0.2) is 31.0 Å². The molecule has 0 aromatic heterocycles. The summed E-state index contributed by atoms with van der Waals surface area (Å²) in [7, 11) is 0. The van der Waals surface area contributed by atoms with Gasteiger partial charge in [0.1, 0.15) is 5.75 Å². The molecule has 0 spiro atoms. The second-order valence-electron chi connectivity index (χ2n) is 7.14. The fraction of sp³-hybridized carbons (Fsp3) is 0.192. The van der Waals surface area contributed by atoms with E-state index >= 15 is 0 Å². The second kappa shape index (κ2) is 12.0. The molecule has 0 heterocycles. The molecule has 0 saturated carbocycles. The van der Waals surface area contributed by atoms with Crippen LogP contribution < -0.4 is 15.4 Å². The van der Waals surface area contributed by atoms with Gasteiger partial charge in [0.05, 0.1) is 25.2 Å². The average molecular weight is 447 g/mol. The summed E-state index contributed by atoms with van der Waals surface area (Å²) < 4.78 is 10.5. The van der Waals surface area contributed by atoms with Gasteiger partial charge in [-0.2, -0.15) is 0 Å². The quantitative estimate of drug-likeness (QED) is 0.455.